The summed E-state index contributed by atoms with van der Waals surface area (Å²) in [7, 11) is 0. The van der Waals surface area contributed by atoms with Crippen LogP contribution in [0, 0.1) is 0 Å². The van der Waals surface area contributed by atoms with E-state index in [2.05, 4.69) is 24.7 Å². The predicted octanol–water partition coefficient (Wildman–Crippen LogP) is 1.94. The molecule has 4 nitrogen and oxygen atoms in total. The highest BCUT2D eigenvalue weighted by atomic mass is 79.9. The number of hydrogen-bond acceptors (Lipinski definition) is 5. The van der Waals surface area contributed by atoms with Crippen molar-refractivity contribution in [3.8, 4) is 0 Å². The molecule has 0 spiro atoms. The van der Waals surface area contributed by atoms with Gasteiger partial charge in [-0.15, -0.1) is 0 Å². The fourth-order valence-electron chi connectivity index (χ4n) is 0.971. The normalized spacial score (nSPS) is 13.1. The van der Waals surface area contributed by atoms with Crippen LogP contribution in [0.2, 0.25) is 0 Å². The van der Waals surface area contributed by atoms with Crippen LogP contribution >= 0.6 is 27.7 Å². The number of nitrogens with zero attached hydrogens (tertiary/aromatic N) is 2. The van der Waals surface area contributed by atoms with Crippen molar-refractivity contribution in [1.29, 1.82) is 0 Å². The molecule has 0 fully saturated rings. The van der Waals surface area contributed by atoms with Gasteiger partial charge >= 0.3 is 0 Å². The molecule has 2 aromatic rings. The standard InChI is InChI=1S/C7H6BrN3OS/c8-4-1-2-12-7(4)6(9)5-3-10-13-11-5/h1-3,6H,9H2. The molecule has 0 radical (unpaired) electrons. The Labute approximate surface area is 87.2 Å². The third-order valence-electron chi connectivity index (χ3n) is 1.62. The highest BCUT2D eigenvalue weighted by molar-refractivity contribution is 9.10. The molecule has 0 bridgehead atoms. The quantitative estimate of drug-likeness (QED) is 0.896. The molecule has 0 saturated heterocycles. The molecule has 6 heteroatoms. The number of rotatable bonds is 2. The third-order valence-corrected chi connectivity index (χ3v) is 2.77. The van der Waals surface area contributed by atoms with Crippen LogP contribution in [0.15, 0.2) is 27.4 Å². The van der Waals surface area contributed by atoms with E-state index < -0.39 is 0 Å². The highest BCUT2D eigenvalue weighted by Gasteiger charge is 2.17. The van der Waals surface area contributed by atoms with E-state index >= 15 is 0 Å². The molecule has 0 aromatic carbocycles. The number of halogens is 1. The third kappa shape index (κ3) is 1.65. The fourth-order valence-corrected chi connectivity index (χ4v) is 1.88. The van der Waals surface area contributed by atoms with Crippen LogP contribution in [-0.2, 0) is 0 Å². The highest BCUT2D eigenvalue weighted by Crippen LogP contribution is 2.26. The smallest absolute Gasteiger partial charge is 0.140 e. The second-order valence-corrected chi connectivity index (χ2v) is 3.85. The van der Waals surface area contributed by atoms with Crippen molar-refractivity contribution in [3.05, 3.63) is 34.5 Å². The molecule has 2 rings (SSSR count). The van der Waals surface area contributed by atoms with E-state index in [1.165, 1.54) is 0 Å². The van der Waals surface area contributed by atoms with Crippen LogP contribution in [-0.4, -0.2) is 8.75 Å². The van der Waals surface area contributed by atoms with E-state index in [-0.39, 0.29) is 6.04 Å². The molecule has 1 unspecified atom stereocenters. The minimum absolute atomic E-state index is 0.344. The van der Waals surface area contributed by atoms with Crippen molar-refractivity contribution < 1.29 is 4.42 Å². The van der Waals surface area contributed by atoms with Gasteiger partial charge in [0.2, 0.25) is 0 Å². The number of nitrogens with two attached hydrogens (primary N) is 1. The summed E-state index contributed by atoms with van der Waals surface area (Å²) in [6, 6.07) is 1.46. The lowest BCUT2D eigenvalue weighted by Gasteiger charge is -2.04. The summed E-state index contributed by atoms with van der Waals surface area (Å²) in [5, 5.41) is 0. The molecule has 2 heterocycles. The van der Waals surface area contributed by atoms with E-state index in [4.69, 9.17) is 10.2 Å². The molecule has 0 aliphatic heterocycles. The summed E-state index contributed by atoms with van der Waals surface area (Å²) in [4.78, 5) is 0. The first-order chi connectivity index (χ1) is 6.29. The Kier molecular flexibility index (Phi) is 2.43. The maximum Gasteiger partial charge on any atom is 0.140 e. The summed E-state index contributed by atoms with van der Waals surface area (Å²) < 4.78 is 14.0. The SMILES string of the molecule is NC(c1cnsn1)c1occc1Br. The Balaban J connectivity index is 2.33. The minimum Gasteiger partial charge on any atom is -0.466 e. The average Bonchev–Trinajstić information content (AvgIpc) is 2.72. The summed E-state index contributed by atoms with van der Waals surface area (Å²) in [6.45, 7) is 0. The Hall–Kier alpha value is -0.720. The van der Waals surface area contributed by atoms with Crippen molar-refractivity contribution in [2.24, 2.45) is 5.73 Å². The predicted molar refractivity (Wildman–Crippen MR) is 52.3 cm³/mol. The van der Waals surface area contributed by atoms with Gasteiger partial charge in [-0.25, -0.2) is 0 Å². The molecule has 13 heavy (non-hydrogen) atoms. The largest absolute Gasteiger partial charge is 0.466 e. The topological polar surface area (TPSA) is 64.9 Å². The van der Waals surface area contributed by atoms with Crippen LogP contribution in [0.1, 0.15) is 17.5 Å². The van der Waals surface area contributed by atoms with Gasteiger partial charge in [-0.1, -0.05) is 0 Å². The van der Waals surface area contributed by atoms with Crippen molar-refractivity contribution in [2.45, 2.75) is 6.04 Å². The average molecular weight is 260 g/mol. The number of hydrogen-bond donors (Lipinski definition) is 1. The molecule has 0 saturated carbocycles. The van der Waals surface area contributed by atoms with Crippen molar-refractivity contribution in [3.63, 3.8) is 0 Å². The van der Waals surface area contributed by atoms with Crippen LogP contribution < -0.4 is 5.73 Å². The van der Waals surface area contributed by atoms with Crippen LogP contribution in [0.25, 0.3) is 0 Å². The lowest BCUT2D eigenvalue weighted by atomic mass is 10.2. The van der Waals surface area contributed by atoms with E-state index in [0.717, 1.165) is 21.9 Å². The van der Waals surface area contributed by atoms with Crippen molar-refractivity contribution in [1.82, 2.24) is 8.75 Å². The Morgan fingerprint density at radius 3 is 3.00 bits per heavy atom. The summed E-state index contributed by atoms with van der Waals surface area (Å²) in [5.41, 5.74) is 6.61. The zero-order valence-electron chi connectivity index (χ0n) is 6.48. The first kappa shape index (κ1) is 8.86. The summed E-state index contributed by atoms with van der Waals surface area (Å²) in [5.74, 6) is 0.674. The Bertz CT molecular complexity index is 386. The Morgan fingerprint density at radius 2 is 2.46 bits per heavy atom. The van der Waals surface area contributed by atoms with Crippen LogP contribution in [0.3, 0.4) is 0 Å². The second kappa shape index (κ2) is 3.57. The molecule has 1 atom stereocenters. The van der Waals surface area contributed by atoms with E-state index in [1.54, 1.807) is 18.5 Å². The summed E-state index contributed by atoms with van der Waals surface area (Å²) >= 11 is 4.47. The maximum absolute atomic E-state index is 5.89. The molecular weight excluding hydrogens is 254 g/mol. The second-order valence-electron chi connectivity index (χ2n) is 2.44. The lowest BCUT2D eigenvalue weighted by molar-refractivity contribution is 0.485. The van der Waals surface area contributed by atoms with E-state index in [9.17, 15) is 0 Å². The fraction of sp³-hybridized carbons (Fsp3) is 0.143. The molecule has 0 aliphatic rings. The summed E-state index contributed by atoms with van der Waals surface area (Å²) in [6.07, 6.45) is 3.23. The van der Waals surface area contributed by atoms with Crippen molar-refractivity contribution in [2.75, 3.05) is 0 Å². The minimum atomic E-state index is -0.344. The molecular formula is C7H6BrN3OS. The van der Waals surface area contributed by atoms with Gasteiger partial charge in [0.1, 0.15) is 11.8 Å². The molecule has 0 aliphatic carbocycles. The van der Waals surface area contributed by atoms with E-state index in [0.29, 0.717) is 5.76 Å². The molecule has 2 aromatic heterocycles. The first-order valence-electron chi connectivity index (χ1n) is 3.55. The zero-order chi connectivity index (χ0) is 9.26. The van der Waals surface area contributed by atoms with Crippen LogP contribution in [0.4, 0.5) is 0 Å². The van der Waals surface area contributed by atoms with E-state index in [1.807, 2.05) is 0 Å². The number of aromatic nitrogens is 2. The molecule has 68 valence electrons. The van der Waals surface area contributed by atoms with Gasteiger partial charge in [-0.2, -0.15) is 8.75 Å². The van der Waals surface area contributed by atoms with Crippen molar-refractivity contribution >= 4 is 27.7 Å². The maximum atomic E-state index is 5.89. The Morgan fingerprint density at radius 1 is 1.62 bits per heavy atom. The molecule has 0 amide bonds. The monoisotopic (exact) mass is 259 g/mol. The zero-order valence-corrected chi connectivity index (χ0v) is 8.88. The van der Waals surface area contributed by atoms with Gasteiger partial charge in [0.05, 0.1) is 34.4 Å². The van der Waals surface area contributed by atoms with Gasteiger partial charge in [0, 0.05) is 0 Å². The number of furan rings is 1. The van der Waals surface area contributed by atoms with Crippen LogP contribution in [0.5, 0.6) is 0 Å². The van der Waals surface area contributed by atoms with Gasteiger partial charge < -0.3 is 10.2 Å². The molecule has 2 N–H and O–H groups in total. The van der Waals surface area contributed by atoms with Gasteiger partial charge in [-0.3, -0.25) is 0 Å². The van der Waals surface area contributed by atoms with Gasteiger partial charge in [-0.05, 0) is 22.0 Å². The lowest BCUT2D eigenvalue weighted by Crippen LogP contribution is -2.11. The van der Waals surface area contributed by atoms with Gasteiger partial charge in [0.25, 0.3) is 0 Å². The van der Waals surface area contributed by atoms with Gasteiger partial charge in [0.15, 0.2) is 0 Å². The first-order valence-corrected chi connectivity index (χ1v) is 5.07.